The molecule has 0 saturated heterocycles. The Morgan fingerprint density at radius 1 is 1.35 bits per heavy atom. The van der Waals surface area contributed by atoms with Crippen LogP contribution < -0.4 is 5.73 Å². The summed E-state index contributed by atoms with van der Waals surface area (Å²) in [6.45, 7) is 1.66. The van der Waals surface area contributed by atoms with Crippen molar-refractivity contribution in [3.63, 3.8) is 0 Å². The maximum atomic E-state index is 10.9. The lowest BCUT2D eigenvalue weighted by Gasteiger charge is -2.02. The van der Waals surface area contributed by atoms with Crippen LogP contribution in [0.3, 0.4) is 0 Å². The molecule has 0 spiro atoms. The highest BCUT2D eigenvalue weighted by atomic mass is 16.6. The van der Waals surface area contributed by atoms with Crippen molar-refractivity contribution in [2.75, 3.05) is 0 Å². The Morgan fingerprint density at radius 3 is 2.75 bits per heavy atom. The molecule has 102 valence electrons. The smallest absolute Gasteiger partial charge is 0.273 e. The van der Waals surface area contributed by atoms with Gasteiger partial charge in [0.15, 0.2) is 0 Å². The predicted molar refractivity (Wildman–Crippen MR) is 73.8 cm³/mol. The number of amides is 1. The first-order valence-corrected chi connectivity index (χ1v) is 5.81. The number of rotatable bonds is 4. The number of carbonyl (C=O) groups excluding carboxylic acids is 1. The zero-order chi connectivity index (χ0) is 14.7. The lowest BCUT2D eigenvalue weighted by molar-refractivity contribution is -0.385. The van der Waals surface area contributed by atoms with Gasteiger partial charge in [-0.15, -0.1) is 0 Å². The van der Waals surface area contributed by atoms with Gasteiger partial charge in [0.05, 0.1) is 4.92 Å². The van der Waals surface area contributed by atoms with Crippen molar-refractivity contribution in [2.24, 2.45) is 5.73 Å². The van der Waals surface area contributed by atoms with E-state index >= 15 is 0 Å². The molecule has 1 heterocycles. The van der Waals surface area contributed by atoms with Crippen LogP contribution in [0.4, 0.5) is 5.69 Å². The first kappa shape index (κ1) is 13.5. The number of nitro benzene ring substituents is 1. The highest BCUT2D eigenvalue weighted by Gasteiger charge is 2.16. The number of primary amides is 1. The molecule has 6 nitrogen and oxygen atoms in total. The summed E-state index contributed by atoms with van der Waals surface area (Å²) in [5.74, 6) is 0.370. The topological polar surface area (TPSA) is 99.4 Å². The van der Waals surface area contributed by atoms with Crippen LogP contribution in [0.1, 0.15) is 11.3 Å². The van der Waals surface area contributed by atoms with Gasteiger partial charge in [0, 0.05) is 23.3 Å². The van der Waals surface area contributed by atoms with E-state index in [1.807, 2.05) is 0 Å². The quantitative estimate of drug-likeness (QED) is 0.525. The Balaban J connectivity index is 2.40. The maximum Gasteiger partial charge on any atom is 0.273 e. The first-order chi connectivity index (χ1) is 9.49. The maximum absolute atomic E-state index is 10.9. The molecule has 2 aromatic rings. The molecule has 1 aromatic heterocycles. The van der Waals surface area contributed by atoms with Gasteiger partial charge in [-0.2, -0.15) is 0 Å². The number of hydrogen-bond donors (Lipinski definition) is 1. The predicted octanol–water partition coefficient (Wildman–Crippen LogP) is 2.66. The second-order valence-electron chi connectivity index (χ2n) is 4.14. The van der Waals surface area contributed by atoms with Gasteiger partial charge in [-0.05, 0) is 25.1 Å². The van der Waals surface area contributed by atoms with E-state index in [1.54, 1.807) is 31.2 Å². The summed E-state index contributed by atoms with van der Waals surface area (Å²) < 4.78 is 5.52. The molecule has 20 heavy (non-hydrogen) atoms. The highest BCUT2D eigenvalue weighted by molar-refractivity contribution is 5.89. The van der Waals surface area contributed by atoms with Crippen LogP contribution in [0.25, 0.3) is 17.4 Å². The number of furan rings is 1. The third-order valence-electron chi connectivity index (χ3n) is 2.81. The average molecular weight is 272 g/mol. The molecule has 1 amide bonds. The van der Waals surface area contributed by atoms with Crippen LogP contribution in [0.2, 0.25) is 0 Å². The van der Waals surface area contributed by atoms with Gasteiger partial charge in [-0.25, -0.2) is 0 Å². The molecular formula is C14H12N2O4. The van der Waals surface area contributed by atoms with Crippen LogP contribution in [0.15, 0.2) is 40.8 Å². The second-order valence-corrected chi connectivity index (χ2v) is 4.14. The molecule has 2 rings (SSSR count). The normalized spacial score (nSPS) is 10.8. The van der Waals surface area contributed by atoms with Gasteiger partial charge < -0.3 is 10.2 Å². The zero-order valence-corrected chi connectivity index (χ0v) is 10.7. The fraction of sp³-hybridized carbons (Fsp3) is 0.0714. The lowest BCUT2D eigenvalue weighted by Crippen LogP contribution is -2.04. The summed E-state index contributed by atoms with van der Waals surface area (Å²) in [6, 6.07) is 8.13. The van der Waals surface area contributed by atoms with Gasteiger partial charge in [0.2, 0.25) is 5.91 Å². The van der Waals surface area contributed by atoms with Crippen LogP contribution in [0.5, 0.6) is 0 Å². The van der Waals surface area contributed by atoms with Crippen molar-refractivity contribution < 1.29 is 14.1 Å². The van der Waals surface area contributed by atoms with E-state index in [0.29, 0.717) is 22.6 Å². The standard InChI is InChI=1S/C14H12N2O4/c1-9-11(3-2-4-12(9)16(18)19)13-7-5-10(20-13)6-8-14(15)17/h2-8H,1H3,(H2,15,17)/b8-6-. The fourth-order valence-electron chi connectivity index (χ4n) is 1.84. The van der Waals surface area contributed by atoms with E-state index in [9.17, 15) is 14.9 Å². The molecule has 0 saturated carbocycles. The molecule has 0 unspecified atom stereocenters. The molecule has 0 atom stereocenters. The van der Waals surface area contributed by atoms with Crippen LogP contribution in [-0.2, 0) is 4.79 Å². The lowest BCUT2D eigenvalue weighted by atomic mass is 10.1. The Hall–Kier alpha value is -2.89. The number of nitro groups is 1. The fourth-order valence-corrected chi connectivity index (χ4v) is 1.84. The minimum absolute atomic E-state index is 0.0353. The van der Waals surface area contributed by atoms with E-state index in [-0.39, 0.29) is 5.69 Å². The van der Waals surface area contributed by atoms with Gasteiger partial charge in [-0.3, -0.25) is 14.9 Å². The van der Waals surface area contributed by atoms with E-state index in [4.69, 9.17) is 10.2 Å². The van der Waals surface area contributed by atoms with Gasteiger partial charge in [0.25, 0.3) is 5.69 Å². The number of nitrogens with zero attached hydrogens (tertiary/aromatic N) is 1. The van der Waals surface area contributed by atoms with Gasteiger partial charge in [0.1, 0.15) is 11.5 Å². The van der Waals surface area contributed by atoms with Crippen LogP contribution in [-0.4, -0.2) is 10.8 Å². The molecule has 0 radical (unpaired) electrons. The molecule has 1 aromatic carbocycles. The third kappa shape index (κ3) is 2.74. The highest BCUT2D eigenvalue weighted by Crippen LogP contribution is 2.31. The minimum atomic E-state index is -0.575. The summed E-state index contributed by atoms with van der Waals surface area (Å²) in [5.41, 5.74) is 6.19. The number of hydrogen-bond acceptors (Lipinski definition) is 4. The molecule has 0 bridgehead atoms. The Bertz CT molecular complexity index is 701. The van der Waals surface area contributed by atoms with Crippen molar-refractivity contribution in [1.82, 2.24) is 0 Å². The van der Waals surface area contributed by atoms with Crippen LogP contribution in [0, 0.1) is 17.0 Å². The van der Waals surface area contributed by atoms with E-state index in [0.717, 1.165) is 0 Å². The summed E-state index contributed by atoms with van der Waals surface area (Å²) in [5, 5.41) is 10.9. The van der Waals surface area contributed by atoms with E-state index in [2.05, 4.69) is 0 Å². The second kappa shape index (κ2) is 5.40. The molecule has 0 aliphatic carbocycles. The van der Waals surface area contributed by atoms with Crippen molar-refractivity contribution in [1.29, 1.82) is 0 Å². The number of carbonyl (C=O) groups is 1. The molecule has 2 N–H and O–H groups in total. The number of nitrogens with two attached hydrogens (primary N) is 1. The Kier molecular flexibility index (Phi) is 3.65. The summed E-state index contributed by atoms with van der Waals surface area (Å²) in [7, 11) is 0. The van der Waals surface area contributed by atoms with Crippen molar-refractivity contribution >= 4 is 17.7 Å². The summed E-state index contributed by atoms with van der Waals surface area (Å²) in [6.07, 6.45) is 2.63. The molecule has 0 fully saturated rings. The SMILES string of the molecule is Cc1c(-c2ccc(/C=C\C(N)=O)o2)cccc1[N+](=O)[O-]. The Labute approximate surface area is 114 Å². The van der Waals surface area contributed by atoms with Crippen molar-refractivity contribution in [2.45, 2.75) is 6.92 Å². The number of benzene rings is 1. The zero-order valence-electron chi connectivity index (χ0n) is 10.7. The summed E-state index contributed by atoms with van der Waals surface area (Å²) in [4.78, 5) is 21.1. The van der Waals surface area contributed by atoms with Crippen molar-refractivity contribution in [3.8, 4) is 11.3 Å². The largest absolute Gasteiger partial charge is 0.457 e. The molecule has 6 heteroatoms. The molecular weight excluding hydrogens is 260 g/mol. The van der Waals surface area contributed by atoms with Gasteiger partial charge in [-0.1, -0.05) is 12.1 Å². The molecule has 0 aliphatic rings. The molecule has 0 aliphatic heterocycles. The minimum Gasteiger partial charge on any atom is -0.457 e. The monoisotopic (exact) mass is 272 g/mol. The Morgan fingerprint density at radius 2 is 2.10 bits per heavy atom. The summed E-state index contributed by atoms with van der Waals surface area (Å²) >= 11 is 0. The van der Waals surface area contributed by atoms with E-state index < -0.39 is 10.8 Å². The van der Waals surface area contributed by atoms with Crippen molar-refractivity contribution in [3.05, 3.63) is 57.8 Å². The first-order valence-electron chi connectivity index (χ1n) is 5.81. The average Bonchev–Trinajstić information content (AvgIpc) is 2.85. The van der Waals surface area contributed by atoms with E-state index in [1.165, 1.54) is 18.2 Å². The third-order valence-corrected chi connectivity index (χ3v) is 2.81. The van der Waals surface area contributed by atoms with Gasteiger partial charge >= 0.3 is 0 Å². The van der Waals surface area contributed by atoms with Crippen LogP contribution >= 0.6 is 0 Å².